The number of benzene rings is 2. The van der Waals surface area contributed by atoms with Gasteiger partial charge < -0.3 is 20.2 Å². The van der Waals surface area contributed by atoms with E-state index in [0.717, 1.165) is 44.0 Å². The van der Waals surface area contributed by atoms with Gasteiger partial charge in [-0.2, -0.15) is 0 Å². The Bertz CT molecular complexity index is 780. The first-order valence-corrected chi connectivity index (χ1v) is 9.46. The molecule has 5 nitrogen and oxygen atoms in total. The van der Waals surface area contributed by atoms with E-state index in [0.29, 0.717) is 12.3 Å². The predicted molar refractivity (Wildman–Crippen MR) is 103 cm³/mol. The number of nitrogens with zero attached hydrogens (tertiary/aromatic N) is 1. The van der Waals surface area contributed by atoms with Crippen molar-refractivity contribution in [3.8, 4) is 5.75 Å². The van der Waals surface area contributed by atoms with Crippen molar-refractivity contribution in [1.82, 2.24) is 0 Å². The third kappa shape index (κ3) is 3.83. The van der Waals surface area contributed by atoms with Crippen molar-refractivity contribution in [3.05, 3.63) is 53.6 Å². The molecule has 0 atom stereocenters. The first kappa shape index (κ1) is 16.9. The van der Waals surface area contributed by atoms with Crippen LogP contribution >= 0.6 is 0 Å². The van der Waals surface area contributed by atoms with E-state index in [1.54, 1.807) is 12.1 Å². The van der Waals surface area contributed by atoms with Crippen LogP contribution in [0.1, 0.15) is 17.5 Å². The molecule has 1 fully saturated rings. The topological polar surface area (TPSA) is 57.0 Å². The van der Waals surface area contributed by atoms with Crippen LogP contribution in [0.5, 0.6) is 5.75 Å². The maximum atomic E-state index is 12.4. The molecule has 1 amide bonds. The molecule has 3 N–H and O–H groups in total. The van der Waals surface area contributed by atoms with Gasteiger partial charge in [0.25, 0.3) is 5.91 Å². The van der Waals surface area contributed by atoms with E-state index in [4.69, 9.17) is 0 Å². The summed E-state index contributed by atoms with van der Waals surface area (Å²) >= 11 is 0. The SMILES string of the molecule is O=C(C[NH+]1CCN(c2ccc(O)cc2)CC1)Nc1ccc2c(c1)CCC2. The molecule has 0 unspecified atom stereocenters. The van der Waals surface area contributed by atoms with Crippen LogP contribution in [0.3, 0.4) is 0 Å². The fourth-order valence-corrected chi connectivity index (χ4v) is 4.00. The number of hydrogen-bond acceptors (Lipinski definition) is 3. The number of anilines is 2. The Hall–Kier alpha value is -2.53. The van der Waals surface area contributed by atoms with Crippen molar-refractivity contribution in [1.29, 1.82) is 0 Å². The van der Waals surface area contributed by atoms with Gasteiger partial charge in [-0.05, 0) is 66.8 Å². The molecule has 2 aromatic carbocycles. The maximum Gasteiger partial charge on any atom is 0.279 e. The van der Waals surface area contributed by atoms with E-state index < -0.39 is 0 Å². The molecule has 0 saturated carbocycles. The zero-order valence-corrected chi connectivity index (χ0v) is 15.0. The molecule has 1 aliphatic heterocycles. The molecule has 2 aromatic rings. The largest absolute Gasteiger partial charge is 0.508 e. The van der Waals surface area contributed by atoms with Gasteiger partial charge in [0.1, 0.15) is 5.75 Å². The van der Waals surface area contributed by atoms with Crippen molar-refractivity contribution in [2.75, 3.05) is 42.9 Å². The van der Waals surface area contributed by atoms with Gasteiger partial charge in [0.15, 0.2) is 6.54 Å². The van der Waals surface area contributed by atoms with Crippen LogP contribution < -0.4 is 15.1 Å². The normalized spacial score (nSPS) is 17.2. The smallest absolute Gasteiger partial charge is 0.279 e. The molecular formula is C21H26N3O2+. The second kappa shape index (κ2) is 7.38. The van der Waals surface area contributed by atoms with Gasteiger partial charge in [-0.15, -0.1) is 0 Å². The van der Waals surface area contributed by atoms with Gasteiger partial charge in [0.2, 0.25) is 0 Å². The van der Waals surface area contributed by atoms with E-state index >= 15 is 0 Å². The van der Waals surface area contributed by atoms with Gasteiger partial charge in [-0.1, -0.05) is 6.07 Å². The van der Waals surface area contributed by atoms with Gasteiger partial charge in [-0.3, -0.25) is 4.79 Å². The maximum absolute atomic E-state index is 12.4. The Balaban J connectivity index is 1.27. The van der Waals surface area contributed by atoms with E-state index in [9.17, 15) is 9.90 Å². The van der Waals surface area contributed by atoms with Crippen LogP contribution in [0, 0.1) is 0 Å². The molecule has 0 aromatic heterocycles. The van der Waals surface area contributed by atoms with E-state index in [2.05, 4.69) is 22.3 Å². The molecule has 5 heteroatoms. The third-order valence-corrected chi connectivity index (χ3v) is 5.48. The quantitative estimate of drug-likeness (QED) is 0.776. The van der Waals surface area contributed by atoms with Crippen molar-refractivity contribution in [2.45, 2.75) is 19.3 Å². The van der Waals surface area contributed by atoms with Crippen LogP contribution in [-0.4, -0.2) is 43.7 Å². The van der Waals surface area contributed by atoms with E-state index in [-0.39, 0.29) is 5.91 Å². The number of hydrogen-bond donors (Lipinski definition) is 3. The fraction of sp³-hybridized carbons (Fsp3) is 0.381. The Morgan fingerprint density at radius 1 is 1.04 bits per heavy atom. The number of nitrogens with one attached hydrogen (secondary N) is 2. The van der Waals surface area contributed by atoms with E-state index in [1.165, 1.54) is 28.9 Å². The molecule has 1 heterocycles. The molecule has 1 aliphatic carbocycles. The number of rotatable bonds is 4. The molecule has 1 saturated heterocycles. The summed E-state index contributed by atoms with van der Waals surface area (Å²) in [5, 5.41) is 12.5. The minimum atomic E-state index is 0.0935. The van der Waals surface area contributed by atoms with Crippen molar-refractivity contribution >= 4 is 17.3 Å². The lowest BCUT2D eigenvalue weighted by atomic mass is 10.1. The lowest BCUT2D eigenvalue weighted by Gasteiger charge is -2.33. The molecule has 0 bridgehead atoms. The van der Waals surface area contributed by atoms with Crippen LogP contribution in [0.2, 0.25) is 0 Å². The second-order valence-electron chi connectivity index (χ2n) is 7.32. The summed E-state index contributed by atoms with van der Waals surface area (Å²) in [5.74, 6) is 0.386. The number of aromatic hydroxyl groups is 1. The number of fused-ring (bicyclic) bond motifs is 1. The molecular weight excluding hydrogens is 326 g/mol. The number of carbonyl (C=O) groups excluding carboxylic acids is 1. The Morgan fingerprint density at radius 2 is 1.77 bits per heavy atom. The summed E-state index contributed by atoms with van der Waals surface area (Å²) in [7, 11) is 0. The Kier molecular flexibility index (Phi) is 4.80. The number of phenols is 1. The number of phenolic OH excluding ortho intramolecular Hbond substituents is 1. The lowest BCUT2D eigenvalue weighted by molar-refractivity contribution is -0.892. The van der Waals surface area contributed by atoms with Gasteiger partial charge in [0, 0.05) is 11.4 Å². The summed E-state index contributed by atoms with van der Waals surface area (Å²) in [6, 6.07) is 13.7. The van der Waals surface area contributed by atoms with Crippen LogP contribution in [0.4, 0.5) is 11.4 Å². The summed E-state index contributed by atoms with van der Waals surface area (Å²) in [4.78, 5) is 16.0. The second-order valence-corrected chi connectivity index (χ2v) is 7.32. The number of quaternary nitrogens is 1. The average Bonchev–Trinajstić information content (AvgIpc) is 3.11. The number of amides is 1. The van der Waals surface area contributed by atoms with Crippen molar-refractivity contribution in [3.63, 3.8) is 0 Å². The zero-order valence-electron chi connectivity index (χ0n) is 15.0. The molecule has 136 valence electrons. The summed E-state index contributed by atoms with van der Waals surface area (Å²) in [6.07, 6.45) is 3.52. The minimum absolute atomic E-state index is 0.0935. The predicted octanol–water partition coefficient (Wildman–Crippen LogP) is 1.22. The van der Waals surface area contributed by atoms with Crippen LogP contribution in [-0.2, 0) is 17.6 Å². The zero-order chi connectivity index (χ0) is 17.9. The monoisotopic (exact) mass is 352 g/mol. The first-order chi connectivity index (χ1) is 12.7. The fourth-order valence-electron chi connectivity index (χ4n) is 4.00. The highest BCUT2D eigenvalue weighted by atomic mass is 16.3. The van der Waals surface area contributed by atoms with Gasteiger partial charge in [-0.25, -0.2) is 0 Å². The first-order valence-electron chi connectivity index (χ1n) is 9.46. The number of aryl methyl sites for hydroxylation is 2. The minimum Gasteiger partial charge on any atom is -0.508 e. The molecule has 0 spiro atoms. The molecule has 4 rings (SSSR count). The van der Waals surface area contributed by atoms with Gasteiger partial charge >= 0.3 is 0 Å². The van der Waals surface area contributed by atoms with E-state index in [1.807, 2.05) is 18.2 Å². The van der Waals surface area contributed by atoms with Crippen LogP contribution in [0.25, 0.3) is 0 Å². The van der Waals surface area contributed by atoms with Crippen molar-refractivity contribution < 1.29 is 14.8 Å². The molecule has 26 heavy (non-hydrogen) atoms. The highest BCUT2D eigenvalue weighted by Gasteiger charge is 2.22. The highest BCUT2D eigenvalue weighted by Crippen LogP contribution is 2.24. The Morgan fingerprint density at radius 3 is 2.54 bits per heavy atom. The standard InChI is InChI=1S/C21H25N3O2/c25-20-8-6-19(7-9-20)24-12-10-23(11-13-24)15-21(26)22-18-5-4-16-2-1-3-17(16)14-18/h4-9,14,25H,1-3,10-13,15H2,(H,22,26)/p+1. The van der Waals surface area contributed by atoms with Gasteiger partial charge in [0.05, 0.1) is 26.2 Å². The van der Waals surface area contributed by atoms with Crippen molar-refractivity contribution in [2.24, 2.45) is 0 Å². The number of carbonyl (C=O) groups is 1. The third-order valence-electron chi connectivity index (χ3n) is 5.48. The van der Waals surface area contributed by atoms with Crippen LogP contribution in [0.15, 0.2) is 42.5 Å². The summed E-state index contributed by atoms with van der Waals surface area (Å²) < 4.78 is 0. The molecule has 2 aliphatic rings. The lowest BCUT2D eigenvalue weighted by Crippen LogP contribution is -3.15. The molecule has 0 radical (unpaired) electrons. The average molecular weight is 352 g/mol. The number of piperazine rings is 1. The summed E-state index contributed by atoms with van der Waals surface area (Å²) in [6.45, 7) is 4.25. The summed E-state index contributed by atoms with van der Waals surface area (Å²) in [5.41, 5.74) is 4.87. The highest BCUT2D eigenvalue weighted by molar-refractivity contribution is 5.91. The Labute approximate surface area is 154 Å².